The predicted molar refractivity (Wildman–Crippen MR) is 98.5 cm³/mol. The van der Waals surface area contributed by atoms with Crippen LogP contribution in [0.3, 0.4) is 0 Å². The topological polar surface area (TPSA) is 116 Å². The lowest BCUT2D eigenvalue weighted by Gasteiger charge is -2.14. The Morgan fingerprint density at radius 1 is 1.28 bits per heavy atom. The van der Waals surface area contributed by atoms with Crippen molar-refractivity contribution in [2.45, 2.75) is 17.2 Å². The van der Waals surface area contributed by atoms with Crippen molar-refractivity contribution in [3.63, 3.8) is 0 Å². The Balaban J connectivity index is 2.19. The van der Waals surface area contributed by atoms with Crippen LogP contribution in [0.1, 0.15) is 18.1 Å². The summed E-state index contributed by atoms with van der Waals surface area (Å²) < 4.78 is 0. The molecule has 2 aromatic rings. The van der Waals surface area contributed by atoms with Gasteiger partial charge in [-0.25, -0.2) is 4.98 Å². The van der Waals surface area contributed by atoms with Crippen molar-refractivity contribution in [3.8, 4) is 12.1 Å². The van der Waals surface area contributed by atoms with Crippen molar-refractivity contribution >= 4 is 52.4 Å². The van der Waals surface area contributed by atoms with E-state index in [1.54, 1.807) is 19.1 Å². The van der Waals surface area contributed by atoms with Crippen molar-refractivity contribution in [2.24, 2.45) is 0 Å². The molecule has 0 aliphatic carbocycles. The number of nitrogens with zero attached hydrogens (tertiary/aromatic N) is 3. The third kappa shape index (κ3) is 4.55. The summed E-state index contributed by atoms with van der Waals surface area (Å²) in [7, 11) is 0. The summed E-state index contributed by atoms with van der Waals surface area (Å²) in [5.41, 5.74) is 6.36. The monoisotopic (exact) mass is 391 g/mol. The number of amides is 1. The molecule has 1 amide bonds. The fourth-order valence-electron chi connectivity index (χ4n) is 1.82. The molecular weight excluding hydrogens is 381 g/mol. The Kier molecular flexibility index (Phi) is 6.11. The quantitative estimate of drug-likeness (QED) is 0.764. The number of rotatable bonds is 4. The zero-order valence-corrected chi connectivity index (χ0v) is 15.2. The third-order valence-electron chi connectivity index (χ3n) is 3.10. The number of carbonyl (C=O) groups is 1. The van der Waals surface area contributed by atoms with Crippen LogP contribution in [0.15, 0.2) is 29.3 Å². The van der Waals surface area contributed by atoms with Crippen molar-refractivity contribution in [2.75, 3.05) is 11.1 Å². The van der Waals surface area contributed by atoms with Gasteiger partial charge < -0.3 is 11.1 Å². The maximum atomic E-state index is 12.4. The highest BCUT2D eigenvalue weighted by molar-refractivity contribution is 8.00. The molecule has 9 heteroatoms. The van der Waals surface area contributed by atoms with Crippen LogP contribution >= 0.6 is 35.0 Å². The van der Waals surface area contributed by atoms with E-state index >= 15 is 0 Å². The van der Waals surface area contributed by atoms with Crippen molar-refractivity contribution in [3.05, 3.63) is 45.4 Å². The lowest BCUT2D eigenvalue weighted by atomic mass is 10.2. The van der Waals surface area contributed by atoms with Gasteiger partial charge in [0.15, 0.2) is 0 Å². The van der Waals surface area contributed by atoms with Gasteiger partial charge in [0.2, 0.25) is 5.91 Å². The molecule has 1 aromatic carbocycles. The molecule has 0 aliphatic heterocycles. The number of thioether (sulfide) groups is 1. The predicted octanol–water partition coefficient (Wildman–Crippen LogP) is 3.83. The average molecular weight is 392 g/mol. The number of benzene rings is 1. The standard InChI is InChI=1S/C16H11Cl2N5OS/c1-8(15(24)22-13-5-11(17)2-3-12(13)18)25-16-10(7-20)4-9(6-19)14(21)23-16/h2-5,8H,1H3,(H2,21,23)(H,22,24)/t8-/m1/s1. The molecule has 126 valence electrons. The number of nitrogens with one attached hydrogen (secondary N) is 1. The van der Waals surface area contributed by atoms with E-state index in [2.05, 4.69) is 10.3 Å². The maximum Gasteiger partial charge on any atom is 0.237 e. The minimum atomic E-state index is -0.595. The normalized spacial score (nSPS) is 11.2. The van der Waals surface area contributed by atoms with E-state index in [0.717, 1.165) is 11.8 Å². The van der Waals surface area contributed by atoms with Gasteiger partial charge in [-0.15, -0.1) is 0 Å². The van der Waals surface area contributed by atoms with Gasteiger partial charge in [-0.2, -0.15) is 10.5 Å². The second-order valence-electron chi connectivity index (χ2n) is 4.87. The summed E-state index contributed by atoms with van der Waals surface area (Å²) in [5, 5.41) is 21.3. The van der Waals surface area contributed by atoms with Crippen molar-refractivity contribution < 1.29 is 4.79 Å². The maximum absolute atomic E-state index is 12.4. The molecule has 0 aliphatic rings. The summed E-state index contributed by atoms with van der Waals surface area (Å²) in [6, 6.07) is 9.89. The second-order valence-corrected chi connectivity index (χ2v) is 7.04. The van der Waals surface area contributed by atoms with Gasteiger partial charge in [-0.3, -0.25) is 4.79 Å². The molecule has 6 nitrogen and oxygen atoms in total. The van der Waals surface area contributed by atoms with E-state index in [0.29, 0.717) is 15.7 Å². The van der Waals surface area contributed by atoms with Crippen LogP contribution in [0.5, 0.6) is 0 Å². The largest absolute Gasteiger partial charge is 0.383 e. The molecule has 3 N–H and O–H groups in total. The summed E-state index contributed by atoms with van der Waals surface area (Å²) in [6.45, 7) is 1.65. The lowest BCUT2D eigenvalue weighted by molar-refractivity contribution is -0.115. The van der Waals surface area contributed by atoms with Crippen LogP contribution in [-0.4, -0.2) is 16.1 Å². The highest BCUT2D eigenvalue weighted by Gasteiger charge is 2.20. The minimum absolute atomic E-state index is 0.00879. The highest BCUT2D eigenvalue weighted by Crippen LogP contribution is 2.30. The number of nitrogens with two attached hydrogens (primary N) is 1. The first-order valence-electron chi connectivity index (χ1n) is 6.89. The summed E-state index contributed by atoms with van der Waals surface area (Å²) >= 11 is 13.0. The molecule has 0 bridgehead atoms. The van der Waals surface area contributed by atoms with E-state index in [1.807, 2.05) is 12.1 Å². The summed E-state index contributed by atoms with van der Waals surface area (Å²) in [6.07, 6.45) is 0. The van der Waals surface area contributed by atoms with E-state index in [4.69, 9.17) is 34.2 Å². The second kappa shape index (κ2) is 8.09. The Morgan fingerprint density at radius 2 is 1.96 bits per heavy atom. The molecule has 0 fully saturated rings. The van der Waals surface area contributed by atoms with Crippen LogP contribution in [0.4, 0.5) is 11.5 Å². The first kappa shape index (κ1) is 18.9. The number of nitriles is 2. The van der Waals surface area contributed by atoms with Crippen molar-refractivity contribution in [1.82, 2.24) is 4.98 Å². The fraction of sp³-hybridized carbons (Fsp3) is 0.125. The number of hydrogen-bond donors (Lipinski definition) is 2. The number of halogens is 2. The molecule has 25 heavy (non-hydrogen) atoms. The number of pyridine rings is 1. The van der Waals surface area contributed by atoms with Crippen LogP contribution in [0.25, 0.3) is 0 Å². The van der Waals surface area contributed by atoms with E-state index < -0.39 is 5.25 Å². The first-order valence-corrected chi connectivity index (χ1v) is 8.52. The fourth-order valence-corrected chi connectivity index (χ4v) is 3.04. The van der Waals surface area contributed by atoms with E-state index in [1.165, 1.54) is 12.1 Å². The zero-order chi connectivity index (χ0) is 18.6. The molecule has 0 spiro atoms. The molecule has 1 aromatic heterocycles. The average Bonchev–Trinajstić information content (AvgIpc) is 2.58. The number of anilines is 2. The van der Waals surface area contributed by atoms with Crippen LogP contribution in [-0.2, 0) is 4.79 Å². The van der Waals surface area contributed by atoms with Crippen LogP contribution in [0, 0.1) is 22.7 Å². The van der Waals surface area contributed by atoms with Gasteiger partial charge in [-0.05, 0) is 31.2 Å². The molecule has 1 heterocycles. The van der Waals surface area contributed by atoms with E-state index in [9.17, 15) is 10.1 Å². The smallest absolute Gasteiger partial charge is 0.237 e. The van der Waals surface area contributed by atoms with Crippen LogP contribution < -0.4 is 11.1 Å². The zero-order valence-electron chi connectivity index (χ0n) is 12.9. The van der Waals surface area contributed by atoms with Gasteiger partial charge >= 0.3 is 0 Å². The number of aromatic nitrogens is 1. The van der Waals surface area contributed by atoms with Gasteiger partial charge in [0.1, 0.15) is 23.0 Å². The number of nitrogen functional groups attached to an aromatic ring is 1. The Labute approximate surface area is 158 Å². The molecule has 0 saturated carbocycles. The first-order chi connectivity index (χ1) is 11.8. The Morgan fingerprint density at radius 3 is 2.60 bits per heavy atom. The highest BCUT2D eigenvalue weighted by atomic mass is 35.5. The lowest BCUT2D eigenvalue weighted by Crippen LogP contribution is -2.23. The molecule has 1 atom stereocenters. The minimum Gasteiger partial charge on any atom is -0.383 e. The van der Waals surface area contributed by atoms with Crippen molar-refractivity contribution in [1.29, 1.82) is 10.5 Å². The number of carbonyl (C=O) groups excluding carboxylic acids is 1. The molecule has 0 radical (unpaired) electrons. The number of hydrogen-bond acceptors (Lipinski definition) is 6. The van der Waals surface area contributed by atoms with Gasteiger partial charge in [0.05, 0.1) is 27.1 Å². The summed E-state index contributed by atoms with van der Waals surface area (Å²) in [5.74, 6) is -0.336. The summed E-state index contributed by atoms with van der Waals surface area (Å²) in [4.78, 5) is 16.4. The van der Waals surface area contributed by atoms with Gasteiger partial charge in [0, 0.05) is 5.02 Å². The van der Waals surface area contributed by atoms with Gasteiger partial charge in [0.25, 0.3) is 0 Å². The molecule has 0 saturated heterocycles. The van der Waals surface area contributed by atoms with E-state index in [-0.39, 0.29) is 27.9 Å². The SMILES string of the molecule is C[C@@H](Sc1nc(N)c(C#N)cc1C#N)C(=O)Nc1cc(Cl)ccc1Cl. The molecule has 2 rings (SSSR count). The Bertz CT molecular complexity index is 920. The van der Waals surface area contributed by atoms with Gasteiger partial charge in [-0.1, -0.05) is 35.0 Å². The third-order valence-corrected chi connectivity index (χ3v) is 4.77. The van der Waals surface area contributed by atoms with Crippen LogP contribution in [0.2, 0.25) is 10.0 Å². The molecular formula is C16H11Cl2N5OS. The Hall–Kier alpha value is -2.45. The molecule has 0 unspecified atom stereocenters.